The maximum absolute atomic E-state index is 12.9. The van der Waals surface area contributed by atoms with Gasteiger partial charge in [-0.15, -0.1) is 6.42 Å². The van der Waals surface area contributed by atoms with E-state index < -0.39 is 22.3 Å². The van der Waals surface area contributed by atoms with Crippen LogP contribution < -0.4 is 28.0 Å². The maximum Gasteiger partial charge on any atom is 0.335 e. The number of amides is 2. The van der Waals surface area contributed by atoms with Crippen molar-refractivity contribution < 1.29 is 38.1 Å². The highest BCUT2D eigenvalue weighted by atomic mass is 35.7. The predicted molar refractivity (Wildman–Crippen MR) is 108 cm³/mol. The second-order valence-corrected chi connectivity index (χ2v) is 7.95. The minimum absolute atomic E-state index is 0.338. The Morgan fingerprint density at radius 1 is 1.16 bits per heavy atom. The molecule has 0 saturated carbocycles. The third kappa shape index (κ3) is 5.02. The van der Waals surface area contributed by atoms with E-state index in [1.165, 1.54) is 4.90 Å². The fraction of sp³-hybridized carbons (Fsp3) is 0.143. The van der Waals surface area contributed by atoms with Crippen molar-refractivity contribution in [3.05, 3.63) is 71.9 Å². The van der Waals surface area contributed by atoms with E-state index in [4.69, 9.17) is 6.42 Å². The van der Waals surface area contributed by atoms with Crippen molar-refractivity contribution >= 4 is 35.4 Å². The predicted octanol–water partition coefficient (Wildman–Crippen LogP) is -0.161. The lowest BCUT2D eigenvalue weighted by Gasteiger charge is -2.28. The number of fused-ring (bicyclic) bond motifs is 1. The molecule has 160 valence electrons. The second kappa shape index (κ2) is 9.01. The number of carbonyl (C=O) groups excluding carboxylic acids is 1. The summed E-state index contributed by atoms with van der Waals surface area (Å²) in [6.45, 7) is 1.59. The van der Waals surface area contributed by atoms with Crippen molar-refractivity contribution in [3.8, 4) is 12.3 Å². The first-order valence-corrected chi connectivity index (χ1v) is 10.6. The number of para-hydroxylation sites is 1. The van der Waals surface area contributed by atoms with Crippen LogP contribution in [0.4, 0.5) is 10.5 Å². The molecule has 0 aliphatic carbocycles. The van der Waals surface area contributed by atoms with E-state index in [1.54, 1.807) is 56.4 Å². The number of aryl methyl sites for hydroxylation is 1. The van der Waals surface area contributed by atoms with Gasteiger partial charge in [0.2, 0.25) is 15.9 Å². The zero-order valence-corrected chi connectivity index (χ0v) is 18.3. The molecular weight excluding hydrogens is 442 g/mol. The van der Waals surface area contributed by atoms with E-state index >= 15 is 0 Å². The van der Waals surface area contributed by atoms with Crippen molar-refractivity contribution in [1.29, 1.82) is 0 Å². The molecule has 1 unspecified atom stereocenters. The molecule has 10 heteroatoms. The van der Waals surface area contributed by atoms with E-state index in [2.05, 4.69) is 23.1 Å². The summed E-state index contributed by atoms with van der Waals surface area (Å²) in [5, 5.41) is 0.549. The number of pyridine rings is 1. The Morgan fingerprint density at radius 3 is 2.45 bits per heavy atom. The first-order valence-electron chi connectivity index (χ1n) is 8.95. The van der Waals surface area contributed by atoms with Crippen LogP contribution in [-0.2, 0) is 0 Å². The van der Waals surface area contributed by atoms with E-state index in [0.717, 1.165) is 9.04 Å². The van der Waals surface area contributed by atoms with Gasteiger partial charge in [-0.1, -0.05) is 36.9 Å². The Balaban J connectivity index is 1.94. The highest BCUT2D eigenvalue weighted by Gasteiger charge is 2.33. The van der Waals surface area contributed by atoms with Gasteiger partial charge in [-0.05, 0) is 35.9 Å². The quantitative estimate of drug-likeness (QED) is 0.323. The first kappa shape index (κ1) is 22.7. The third-order valence-corrected chi connectivity index (χ3v) is 5.30. The van der Waals surface area contributed by atoms with Gasteiger partial charge in [0.1, 0.15) is 6.04 Å². The fourth-order valence-electron chi connectivity index (χ4n) is 3.04. The minimum Gasteiger partial charge on any atom is -0.297 e. The number of anilines is 1. The molecule has 0 aliphatic rings. The molecule has 3 aromatic rings. The number of urea groups is 1. The Hall–Kier alpha value is -3.00. The summed E-state index contributed by atoms with van der Waals surface area (Å²) in [4.78, 5) is 14.3. The molecule has 2 amide bonds. The van der Waals surface area contributed by atoms with Crippen LogP contribution in [0.5, 0.6) is 0 Å². The highest BCUT2D eigenvalue weighted by molar-refractivity contribution is 7.78. The molecule has 0 spiro atoms. The van der Waals surface area contributed by atoms with Crippen LogP contribution in [0.2, 0.25) is 0 Å². The number of aromatic nitrogens is 1. The Labute approximate surface area is 187 Å². The molecular formula is C21H19ClN3O5S+. The second-order valence-electron chi connectivity index (χ2n) is 6.63. The van der Waals surface area contributed by atoms with Gasteiger partial charge >= 0.3 is 6.03 Å². The molecule has 1 aromatic heterocycles. The largest absolute Gasteiger partial charge is 0.335 e. The number of halogens is 1. The Kier molecular flexibility index (Phi) is 6.59. The number of rotatable bonds is 5. The SMILES string of the molecule is C#CC(c1ccc2c(ccc(C)[n+]2O[Cl+3]([O-])([O-])[O-])c1)N(S)C(=O)N(C)c1ccccc1. The normalized spacial score (nSPS) is 12.2. The molecule has 0 radical (unpaired) electrons. The molecule has 0 saturated heterocycles. The van der Waals surface area contributed by atoms with E-state index in [-0.39, 0.29) is 0 Å². The summed E-state index contributed by atoms with van der Waals surface area (Å²) in [6, 6.07) is 15.9. The smallest absolute Gasteiger partial charge is 0.297 e. The number of hydrogen-bond acceptors (Lipinski definition) is 6. The number of benzene rings is 2. The van der Waals surface area contributed by atoms with Gasteiger partial charge in [-0.3, -0.25) is 9.21 Å². The van der Waals surface area contributed by atoms with Gasteiger partial charge in [0.25, 0.3) is 5.52 Å². The molecule has 0 N–H and O–H groups in total. The van der Waals surface area contributed by atoms with Crippen molar-refractivity contribution in [1.82, 2.24) is 4.31 Å². The monoisotopic (exact) mass is 460 g/mol. The van der Waals surface area contributed by atoms with Gasteiger partial charge in [-0.25, -0.2) is 4.79 Å². The molecule has 0 fully saturated rings. The van der Waals surface area contributed by atoms with Crippen LogP contribution in [-0.4, -0.2) is 17.4 Å². The number of terminal acetylenes is 1. The highest BCUT2D eigenvalue weighted by Crippen LogP contribution is 2.27. The van der Waals surface area contributed by atoms with E-state index in [9.17, 15) is 18.8 Å². The lowest BCUT2D eigenvalue weighted by Crippen LogP contribution is -2.72. The summed E-state index contributed by atoms with van der Waals surface area (Å²) in [5.41, 5.74) is 1.98. The molecule has 2 aromatic carbocycles. The maximum atomic E-state index is 12.9. The molecule has 0 bridgehead atoms. The van der Waals surface area contributed by atoms with Gasteiger partial charge in [0.05, 0.1) is 5.39 Å². The molecule has 0 aliphatic heterocycles. The average molecular weight is 461 g/mol. The number of thiol groups is 1. The van der Waals surface area contributed by atoms with Crippen LogP contribution in [0.1, 0.15) is 17.3 Å². The van der Waals surface area contributed by atoms with E-state index in [0.29, 0.717) is 27.8 Å². The standard InChI is InChI=1S/C21H19ClN3O5S/c1-4-19(25(31)21(26)23(3)18-8-6-5-7-9-18)16-12-13-20-17(14-16)11-10-15(2)24(20)30-22(27,28)29/h1,5-14,19,31H,2-3H3/q+1. The summed E-state index contributed by atoms with van der Waals surface area (Å²) < 4.78 is 39.7. The molecule has 3 rings (SSSR count). The lowest BCUT2D eigenvalue weighted by atomic mass is 10.0. The summed E-state index contributed by atoms with van der Waals surface area (Å²) in [7, 11) is -3.07. The Bertz CT molecular complexity index is 1150. The van der Waals surface area contributed by atoms with Crippen LogP contribution in [0, 0.1) is 29.5 Å². The molecule has 1 heterocycles. The summed E-state index contributed by atoms with van der Waals surface area (Å²) in [6.07, 6.45) is 5.70. The summed E-state index contributed by atoms with van der Waals surface area (Å²) >= 11 is 4.34. The van der Waals surface area contributed by atoms with Gasteiger partial charge in [0, 0.05) is 31.8 Å². The van der Waals surface area contributed by atoms with Crippen LogP contribution >= 0.6 is 12.8 Å². The molecule has 31 heavy (non-hydrogen) atoms. The molecule has 1 atom stereocenters. The van der Waals surface area contributed by atoms with Crippen molar-refractivity contribution in [2.45, 2.75) is 13.0 Å². The zero-order valence-electron chi connectivity index (χ0n) is 16.6. The lowest BCUT2D eigenvalue weighted by molar-refractivity contribution is -1.94. The first-order chi connectivity index (χ1) is 14.6. The van der Waals surface area contributed by atoms with E-state index in [1.807, 2.05) is 18.2 Å². The molecule has 8 nitrogen and oxygen atoms in total. The number of carbonyl (C=O) groups is 1. The third-order valence-electron chi connectivity index (χ3n) is 4.59. The Morgan fingerprint density at radius 2 is 1.84 bits per heavy atom. The van der Waals surface area contributed by atoms with Crippen LogP contribution in [0.25, 0.3) is 10.9 Å². The van der Waals surface area contributed by atoms with Crippen LogP contribution in [0.15, 0.2) is 60.7 Å². The van der Waals surface area contributed by atoms with Gasteiger partial charge in [0.15, 0.2) is 9.12 Å². The zero-order chi connectivity index (χ0) is 22.8. The van der Waals surface area contributed by atoms with Gasteiger partial charge < -0.3 is 0 Å². The van der Waals surface area contributed by atoms with Crippen LogP contribution in [0.3, 0.4) is 0 Å². The fourth-order valence-corrected chi connectivity index (χ4v) is 3.73. The van der Waals surface area contributed by atoms with Crippen molar-refractivity contribution in [2.24, 2.45) is 0 Å². The number of hydrogen-bond donors (Lipinski definition) is 1. The van der Waals surface area contributed by atoms with Crippen molar-refractivity contribution in [2.75, 3.05) is 11.9 Å². The number of nitrogens with zero attached hydrogens (tertiary/aromatic N) is 3. The topological polar surface area (TPSA) is 106 Å². The summed E-state index contributed by atoms with van der Waals surface area (Å²) in [5.74, 6) is 2.55. The minimum atomic E-state index is -4.68. The van der Waals surface area contributed by atoms with Crippen molar-refractivity contribution in [3.63, 3.8) is 0 Å². The van der Waals surface area contributed by atoms with Gasteiger partial charge in [-0.2, -0.15) is 14.0 Å². The average Bonchev–Trinajstić information content (AvgIpc) is 2.75.